The standard InChI is InChI=1S/C24H24N4OS/c1-14-8-9-19(15(2)10-14)23(29)26-22-11-16(3)27-28(22)24-25-20-12-17-6-4-5-7-18(17)13-21(20)30-24/h8-13H,4-7H2,1-3H3,(H,26,29). The zero-order chi connectivity index (χ0) is 20.8. The molecule has 30 heavy (non-hydrogen) atoms. The number of aromatic nitrogens is 3. The van der Waals surface area contributed by atoms with Crippen LogP contribution in [-0.2, 0) is 12.8 Å². The van der Waals surface area contributed by atoms with Crippen molar-refractivity contribution >= 4 is 33.3 Å². The largest absolute Gasteiger partial charge is 0.306 e. The molecule has 1 aliphatic carbocycles. The smallest absolute Gasteiger partial charge is 0.257 e. The van der Waals surface area contributed by atoms with E-state index in [-0.39, 0.29) is 5.91 Å². The summed E-state index contributed by atoms with van der Waals surface area (Å²) in [7, 11) is 0. The van der Waals surface area contributed by atoms with E-state index in [0.717, 1.165) is 40.3 Å². The number of hydrogen-bond donors (Lipinski definition) is 1. The van der Waals surface area contributed by atoms with Gasteiger partial charge >= 0.3 is 0 Å². The first kappa shape index (κ1) is 19.0. The Morgan fingerprint density at radius 2 is 1.80 bits per heavy atom. The molecule has 0 radical (unpaired) electrons. The molecule has 0 fully saturated rings. The maximum Gasteiger partial charge on any atom is 0.257 e. The molecule has 0 atom stereocenters. The molecular formula is C24H24N4OS. The van der Waals surface area contributed by atoms with Gasteiger partial charge in [-0.2, -0.15) is 9.78 Å². The van der Waals surface area contributed by atoms with Gasteiger partial charge in [0, 0.05) is 11.6 Å². The minimum absolute atomic E-state index is 0.134. The molecule has 152 valence electrons. The number of thiazole rings is 1. The van der Waals surface area contributed by atoms with Crippen LogP contribution in [-0.4, -0.2) is 20.7 Å². The maximum absolute atomic E-state index is 12.9. The number of aryl methyl sites for hydroxylation is 5. The van der Waals surface area contributed by atoms with Gasteiger partial charge in [0.1, 0.15) is 5.82 Å². The van der Waals surface area contributed by atoms with Gasteiger partial charge in [-0.25, -0.2) is 4.98 Å². The van der Waals surface area contributed by atoms with E-state index in [4.69, 9.17) is 4.98 Å². The predicted molar refractivity (Wildman–Crippen MR) is 122 cm³/mol. The van der Waals surface area contributed by atoms with Gasteiger partial charge in [-0.3, -0.25) is 4.79 Å². The van der Waals surface area contributed by atoms with Gasteiger partial charge in [-0.15, -0.1) is 0 Å². The molecule has 6 heteroatoms. The molecule has 1 amide bonds. The van der Waals surface area contributed by atoms with Gasteiger partial charge in [0.25, 0.3) is 5.91 Å². The first-order valence-electron chi connectivity index (χ1n) is 10.4. The fourth-order valence-electron chi connectivity index (χ4n) is 4.22. The van der Waals surface area contributed by atoms with E-state index in [1.807, 2.05) is 45.0 Å². The van der Waals surface area contributed by atoms with Crippen molar-refractivity contribution in [3.8, 4) is 5.13 Å². The van der Waals surface area contributed by atoms with Crippen molar-refractivity contribution < 1.29 is 4.79 Å². The number of anilines is 1. The third-order valence-electron chi connectivity index (χ3n) is 5.72. The van der Waals surface area contributed by atoms with Crippen LogP contribution in [0.2, 0.25) is 0 Å². The Morgan fingerprint density at radius 1 is 1.03 bits per heavy atom. The molecule has 0 saturated carbocycles. The average Bonchev–Trinajstić information content (AvgIpc) is 3.28. The lowest BCUT2D eigenvalue weighted by Crippen LogP contribution is -2.16. The molecule has 2 aromatic carbocycles. The number of fused-ring (bicyclic) bond motifs is 2. The van der Waals surface area contributed by atoms with Gasteiger partial charge in [0.2, 0.25) is 5.13 Å². The Morgan fingerprint density at radius 3 is 2.57 bits per heavy atom. The van der Waals surface area contributed by atoms with Crippen molar-refractivity contribution in [2.45, 2.75) is 46.5 Å². The van der Waals surface area contributed by atoms with E-state index in [2.05, 4.69) is 22.5 Å². The summed E-state index contributed by atoms with van der Waals surface area (Å²) in [6, 6.07) is 12.3. The summed E-state index contributed by atoms with van der Waals surface area (Å²) < 4.78 is 2.92. The van der Waals surface area contributed by atoms with Gasteiger partial charge in [0.05, 0.1) is 15.9 Å². The summed E-state index contributed by atoms with van der Waals surface area (Å²) in [5.41, 5.74) is 7.49. The molecule has 1 N–H and O–H groups in total. The van der Waals surface area contributed by atoms with Crippen LogP contribution < -0.4 is 5.32 Å². The van der Waals surface area contributed by atoms with Crippen LogP contribution in [0.5, 0.6) is 0 Å². The van der Waals surface area contributed by atoms with Crippen LogP contribution in [0.15, 0.2) is 36.4 Å². The molecule has 4 aromatic rings. The monoisotopic (exact) mass is 416 g/mol. The summed E-state index contributed by atoms with van der Waals surface area (Å²) >= 11 is 1.62. The summed E-state index contributed by atoms with van der Waals surface area (Å²) in [5.74, 6) is 0.506. The third-order valence-corrected chi connectivity index (χ3v) is 6.72. The van der Waals surface area contributed by atoms with Gasteiger partial charge < -0.3 is 5.32 Å². The van der Waals surface area contributed by atoms with Crippen LogP contribution in [0.3, 0.4) is 0 Å². The second-order valence-corrected chi connectivity index (χ2v) is 9.16. The molecular weight excluding hydrogens is 392 g/mol. The first-order valence-corrected chi connectivity index (χ1v) is 11.2. The highest BCUT2D eigenvalue weighted by Crippen LogP contribution is 2.32. The van der Waals surface area contributed by atoms with Gasteiger partial charge in [0.15, 0.2) is 0 Å². The van der Waals surface area contributed by atoms with E-state index in [0.29, 0.717) is 11.4 Å². The molecule has 2 aromatic heterocycles. The van der Waals surface area contributed by atoms with Crippen LogP contribution in [0.4, 0.5) is 5.82 Å². The molecule has 5 nitrogen and oxygen atoms in total. The first-order chi connectivity index (χ1) is 14.5. The average molecular weight is 417 g/mol. The summed E-state index contributed by atoms with van der Waals surface area (Å²) in [5, 5.41) is 8.42. The van der Waals surface area contributed by atoms with Crippen molar-refractivity contribution in [1.29, 1.82) is 0 Å². The van der Waals surface area contributed by atoms with Crippen molar-refractivity contribution in [2.24, 2.45) is 0 Å². The van der Waals surface area contributed by atoms with E-state index in [1.54, 1.807) is 16.0 Å². The van der Waals surface area contributed by atoms with Gasteiger partial charge in [-0.1, -0.05) is 29.0 Å². The minimum Gasteiger partial charge on any atom is -0.306 e. The van der Waals surface area contributed by atoms with Crippen LogP contribution in [0.25, 0.3) is 15.3 Å². The number of carbonyl (C=O) groups excluding carboxylic acids is 1. The van der Waals surface area contributed by atoms with E-state index in [9.17, 15) is 4.79 Å². The van der Waals surface area contributed by atoms with Gasteiger partial charge in [-0.05, 0) is 81.3 Å². The Hall–Kier alpha value is -2.99. The van der Waals surface area contributed by atoms with Crippen molar-refractivity contribution in [3.63, 3.8) is 0 Å². The molecule has 0 bridgehead atoms. The molecule has 5 rings (SSSR count). The zero-order valence-electron chi connectivity index (χ0n) is 17.5. The van der Waals surface area contributed by atoms with Crippen molar-refractivity contribution in [1.82, 2.24) is 14.8 Å². The molecule has 2 heterocycles. The lowest BCUT2D eigenvalue weighted by Gasteiger charge is -2.14. The topological polar surface area (TPSA) is 59.8 Å². The SMILES string of the molecule is Cc1ccc(C(=O)Nc2cc(C)nn2-c2nc3cc4c(cc3s2)CCCC4)c(C)c1. The van der Waals surface area contributed by atoms with E-state index < -0.39 is 0 Å². The van der Waals surface area contributed by atoms with Crippen LogP contribution in [0.1, 0.15) is 51.1 Å². The normalized spacial score (nSPS) is 13.4. The van der Waals surface area contributed by atoms with Crippen LogP contribution >= 0.6 is 11.3 Å². The molecule has 1 aliphatic rings. The van der Waals surface area contributed by atoms with E-state index in [1.165, 1.54) is 28.7 Å². The zero-order valence-corrected chi connectivity index (χ0v) is 18.3. The summed E-state index contributed by atoms with van der Waals surface area (Å²) in [6.07, 6.45) is 4.80. The number of carbonyl (C=O) groups is 1. The fourth-order valence-corrected chi connectivity index (χ4v) is 5.20. The highest BCUT2D eigenvalue weighted by Gasteiger charge is 2.18. The molecule has 0 saturated heterocycles. The highest BCUT2D eigenvalue weighted by molar-refractivity contribution is 7.20. The number of rotatable bonds is 3. The predicted octanol–water partition coefficient (Wildman–Crippen LogP) is 5.54. The molecule has 0 spiro atoms. The van der Waals surface area contributed by atoms with Crippen molar-refractivity contribution in [2.75, 3.05) is 5.32 Å². The lowest BCUT2D eigenvalue weighted by molar-refractivity contribution is 0.102. The number of benzene rings is 2. The number of nitrogens with zero attached hydrogens (tertiary/aromatic N) is 3. The van der Waals surface area contributed by atoms with Crippen molar-refractivity contribution in [3.05, 3.63) is 69.9 Å². The Labute approximate surface area is 179 Å². The summed E-state index contributed by atoms with van der Waals surface area (Å²) in [4.78, 5) is 17.8. The lowest BCUT2D eigenvalue weighted by atomic mass is 9.92. The highest BCUT2D eigenvalue weighted by atomic mass is 32.1. The second-order valence-electron chi connectivity index (χ2n) is 8.15. The van der Waals surface area contributed by atoms with Crippen LogP contribution in [0, 0.1) is 20.8 Å². The minimum atomic E-state index is -0.134. The Kier molecular flexibility index (Phi) is 4.66. The van der Waals surface area contributed by atoms with E-state index >= 15 is 0 Å². The number of amides is 1. The molecule has 0 unspecified atom stereocenters. The number of nitrogens with one attached hydrogen (secondary N) is 1. The third kappa shape index (κ3) is 3.41. The fraction of sp³-hybridized carbons (Fsp3) is 0.292. The molecule has 0 aliphatic heterocycles. The summed E-state index contributed by atoms with van der Waals surface area (Å²) in [6.45, 7) is 5.91. The number of hydrogen-bond acceptors (Lipinski definition) is 4. The quantitative estimate of drug-likeness (QED) is 0.477. The second kappa shape index (κ2) is 7.36. The Bertz CT molecular complexity index is 1240. The Balaban J connectivity index is 1.51. The maximum atomic E-state index is 12.9.